The number of hydrogen-bond acceptors (Lipinski definition) is 4. The Morgan fingerprint density at radius 2 is 2.00 bits per heavy atom. The number of hydrogen-bond donors (Lipinski definition) is 4. The van der Waals surface area contributed by atoms with Crippen LogP contribution in [0.4, 0.5) is 5.82 Å². The van der Waals surface area contributed by atoms with Crippen molar-refractivity contribution in [1.82, 2.24) is 20.3 Å². The van der Waals surface area contributed by atoms with Crippen LogP contribution in [0.5, 0.6) is 0 Å². The quantitative estimate of drug-likeness (QED) is 0.256. The summed E-state index contributed by atoms with van der Waals surface area (Å²) in [6, 6.07) is 10.1. The number of fused-ring (bicyclic) bond motifs is 3. The lowest BCUT2D eigenvalue weighted by Crippen LogP contribution is -2.37. The van der Waals surface area contributed by atoms with Gasteiger partial charge in [0.2, 0.25) is 0 Å². The molecule has 0 aliphatic heterocycles. The second-order valence-corrected chi connectivity index (χ2v) is 5.35. The highest BCUT2D eigenvalue weighted by atomic mass is 15.4. The van der Waals surface area contributed by atoms with Gasteiger partial charge in [0.1, 0.15) is 5.69 Å². The summed E-state index contributed by atoms with van der Waals surface area (Å²) in [5, 5.41) is 13.8. The summed E-state index contributed by atoms with van der Waals surface area (Å²) in [5.41, 5.74) is 6.66. The number of aromatic nitrogens is 5. The normalized spacial score (nSPS) is 11.4. The monoisotopic (exact) mass is 294 g/mol. The van der Waals surface area contributed by atoms with Gasteiger partial charge >= 0.3 is 5.82 Å². The highest BCUT2D eigenvalue weighted by Gasteiger charge is 2.24. The van der Waals surface area contributed by atoms with Gasteiger partial charge in [-0.3, -0.25) is 0 Å². The Balaban J connectivity index is 2.15. The average molecular weight is 294 g/mol. The van der Waals surface area contributed by atoms with Gasteiger partial charge in [-0.1, -0.05) is 18.2 Å². The zero-order valence-electron chi connectivity index (χ0n) is 12.3. The molecule has 0 aliphatic carbocycles. The Bertz CT molecular complexity index is 996. The standard InChI is InChI=1S/C15H15N7/c1-8-7-9(2)22(21-8)15-13-12(14(18-16)19-20-15)10-5-3-4-6-11(10)17-13/h3-7H,1-2H3,(H4,16,17,18,19,20)/p+1. The van der Waals surface area contributed by atoms with E-state index in [0.29, 0.717) is 5.82 Å². The summed E-state index contributed by atoms with van der Waals surface area (Å²) in [7, 11) is 0. The maximum Gasteiger partial charge on any atom is 0.398 e. The molecule has 0 atom stereocenters. The molecule has 4 rings (SSSR count). The molecular weight excluding hydrogens is 278 g/mol. The van der Waals surface area contributed by atoms with E-state index in [1.54, 1.807) is 0 Å². The largest absolute Gasteiger partial charge is 0.398 e. The first kappa shape index (κ1) is 12.8. The van der Waals surface area contributed by atoms with Crippen LogP contribution < -0.4 is 16.0 Å². The third kappa shape index (κ3) is 1.69. The number of nitrogens with zero attached hydrogens (tertiary/aromatic N) is 3. The topological polar surface area (TPSA) is 99.3 Å². The van der Waals surface area contributed by atoms with Crippen LogP contribution in [0.1, 0.15) is 11.4 Å². The van der Waals surface area contributed by atoms with Crippen molar-refractivity contribution in [2.75, 3.05) is 5.43 Å². The Hall–Kier alpha value is -2.93. The highest BCUT2D eigenvalue weighted by Crippen LogP contribution is 2.30. The molecule has 110 valence electrons. The van der Waals surface area contributed by atoms with Crippen molar-refractivity contribution in [3.63, 3.8) is 0 Å². The van der Waals surface area contributed by atoms with Gasteiger partial charge in [-0.05, 0) is 18.1 Å². The number of H-pyrrole nitrogens is 2. The molecule has 0 spiro atoms. The van der Waals surface area contributed by atoms with Crippen LogP contribution >= 0.6 is 0 Å². The van der Waals surface area contributed by atoms with E-state index in [9.17, 15) is 0 Å². The third-order valence-electron chi connectivity index (χ3n) is 3.83. The second kappa shape index (κ2) is 4.54. The lowest BCUT2D eigenvalue weighted by molar-refractivity contribution is -0.664. The summed E-state index contributed by atoms with van der Waals surface area (Å²) < 4.78 is 1.92. The molecule has 0 saturated heterocycles. The van der Waals surface area contributed by atoms with Gasteiger partial charge in [-0.25, -0.2) is 10.9 Å². The van der Waals surface area contributed by atoms with Crippen molar-refractivity contribution in [3.8, 4) is 5.82 Å². The Morgan fingerprint density at radius 1 is 1.18 bits per heavy atom. The van der Waals surface area contributed by atoms with Gasteiger partial charge in [0, 0.05) is 23.9 Å². The van der Waals surface area contributed by atoms with E-state index in [0.717, 1.165) is 39.0 Å². The molecule has 0 aliphatic rings. The van der Waals surface area contributed by atoms with Crippen LogP contribution in [0.15, 0.2) is 30.3 Å². The fourth-order valence-electron chi connectivity index (χ4n) is 2.91. The van der Waals surface area contributed by atoms with Crippen LogP contribution in [-0.4, -0.2) is 20.3 Å². The summed E-state index contributed by atoms with van der Waals surface area (Å²) in [5.74, 6) is 6.88. The average Bonchev–Trinajstić information content (AvgIpc) is 3.06. The zero-order chi connectivity index (χ0) is 15.3. The molecule has 0 saturated carbocycles. The number of nitrogen functional groups attached to an aromatic ring is 1. The molecular formula is C15H16N7+. The Labute approximate surface area is 126 Å². The van der Waals surface area contributed by atoms with Gasteiger partial charge in [-0.2, -0.15) is 0 Å². The van der Waals surface area contributed by atoms with Crippen LogP contribution in [0, 0.1) is 13.8 Å². The summed E-state index contributed by atoms with van der Waals surface area (Å²) in [6.45, 7) is 4.03. The number of para-hydroxylation sites is 1. The summed E-state index contributed by atoms with van der Waals surface area (Å²) in [4.78, 5) is 3.42. The smallest absolute Gasteiger partial charge is 0.347 e. The van der Waals surface area contributed by atoms with Crippen molar-refractivity contribution in [1.29, 1.82) is 0 Å². The Kier molecular flexibility index (Phi) is 2.64. The van der Waals surface area contributed by atoms with E-state index in [2.05, 4.69) is 31.8 Å². The van der Waals surface area contributed by atoms with Crippen LogP contribution in [0.3, 0.4) is 0 Å². The maximum atomic E-state index is 5.61. The van der Waals surface area contributed by atoms with Crippen LogP contribution in [0.2, 0.25) is 0 Å². The number of anilines is 1. The lowest BCUT2D eigenvalue weighted by Gasteiger charge is -2.00. The summed E-state index contributed by atoms with van der Waals surface area (Å²) in [6.07, 6.45) is 0. The molecule has 3 aromatic heterocycles. The maximum absolute atomic E-state index is 5.61. The number of aromatic amines is 2. The molecule has 0 radical (unpaired) electrons. The molecule has 5 N–H and O–H groups in total. The number of nitrogens with two attached hydrogens (primary N) is 1. The molecule has 7 heteroatoms. The number of aryl methyl sites for hydroxylation is 2. The first-order valence-corrected chi connectivity index (χ1v) is 7.01. The number of rotatable bonds is 2. The minimum absolute atomic E-state index is 0.553. The predicted molar refractivity (Wildman–Crippen MR) is 84.6 cm³/mol. The molecule has 3 heterocycles. The molecule has 1 aromatic carbocycles. The third-order valence-corrected chi connectivity index (χ3v) is 3.83. The lowest BCUT2D eigenvalue weighted by atomic mass is 10.2. The van der Waals surface area contributed by atoms with E-state index in [-0.39, 0.29) is 0 Å². The molecule has 0 fully saturated rings. The van der Waals surface area contributed by atoms with Crippen LogP contribution in [0.25, 0.3) is 27.6 Å². The zero-order valence-corrected chi connectivity index (χ0v) is 12.3. The molecule has 22 heavy (non-hydrogen) atoms. The molecule has 4 aromatic rings. The SMILES string of the molecule is Cc1cc(C)[n+](-c2nnc(NN)c3c2[nH]c2ccccc23)[nH]1. The minimum Gasteiger partial charge on any atom is -0.347 e. The van der Waals surface area contributed by atoms with Crippen LogP contribution in [-0.2, 0) is 0 Å². The molecule has 7 nitrogen and oxygen atoms in total. The molecule has 0 unspecified atom stereocenters. The highest BCUT2D eigenvalue weighted by molar-refractivity contribution is 6.13. The predicted octanol–water partition coefficient (Wildman–Crippen LogP) is 1.62. The van der Waals surface area contributed by atoms with Crippen molar-refractivity contribution >= 4 is 27.6 Å². The first-order valence-electron chi connectivity index (χ1n) is 7.01. The van der Waals surface area contributed by atoms with Gasteiger partial charge in [0.25, 0.3) is 0 Å². The number of benzene rings is 1. The number of nitrogens with one attached hydrogen (secondary N) is 3. The van der Waals surface area contributed by atoms with Gasteiger partial charge in [0.05, 0.1) is 16.2 Å². The number of hydrazine groups is 1. The summed E-state index contributed by atoms with van der Waals surface area (Å²) >= 11 is 0. The fraction of sp³-hybridized carbons (Fsp3) is 0.133. The van der Waals surface area contributed by atoms with E-state index < -0.39 is 0 Å². The molecule has 0 amide bonds. The minimum atomic E-state index is 0.553. The Morgan fingerprint density at radius 3 is 2.73 bits per heavy atom. The van der Waals surface area contributed by atoms with Gasteiger partial charge in [0.15, 0.2) is 11.3 Å². The van der Waals surface area contributed by atoms with Gasteiger partial charge < -0.3 is 10.4 Å². The fourth-order valence-corrected chi connectivity index (χ4v) is 2.91. The van der Waals surface area contributed by atoms with E-state index in [4.69, 9.17) is 5.84 Å². The molecule has 0 bridgehead atoms. The van der Waals surface area contributed by atoms with Crippen molar-refractivity contribution < 1.29 is 4.68 Å². The van der Waals surface area contributed by atoms with Crippen molar-refractivity contribution in [2.24, 2.45) is 5.84 Å². The second-order valence-electron chi connectivity index (χ2n) is 5.35. The van der Waals surface area contributed by atoms with E-state index >= 15 is 0 Å². The van der Waals surface area contributed by atoms with Crippen molar-refractivity contribution in [2.45, 2.75) is 13.8 Å². The first-order chi connectivity index (χ1) is 10.7. The van der Waals surface area contributed by atoms with Crippen molar-refractivity contribution in [3.05, 3.63) is 41.7 Å². The van der Waals surface area contributed by atoms with Gasteiger partial charge in [-0.15, -0.1) is 4.68 Å². The van der Waals surface area contributed by atoms with E-state index in [1.165, 1.54) is 0 Å². The van der Waals surface area contributed by atoms with E-state index in [1.807, 2.05) is 42.8 Å².